The van der Waals surface area contributed by atoms with Crippen LogP contribution < -0.4 is 0 Å². The molecule has 0 heteroatoms. The van der Waals surface area contributed by atoms with Gasteiger partial charge in [-0.3, -0.25) is 0 Å². The second kappa shape index (κ2) is 3.30. The second-order valence-electron chi connectivity index (χ2n) is 4.26. The van der Waals surface area contributed by atoms with E-state index in [1.807, 2.05) is 0 Å². The van der Waals surface area contributed by atoms with E-state index in [0.29, 0.717) is 0 Å². The van der Waals surface area contributed by atoms with Gasteiger partial charge in [0, 0.05) is 0 Å². The third-order valence-corrected chi connectivity index (χ3v) is 2.21. The topological polar surface area (TPSA) is 0 Å². The first-order valence-electron chi connectivity index (χ1n) is 4.64. The quantitative estimate of drug-likeness (QED) is 0.592. The van der Waals surface area contributed by atoms with Crippen molar-refractivity contribution in [3.63, 3.8) is 0 Å². The summed E-state index contributed by atoms with van der Waals surface area (Å²) in [5.74, 6) is 0. The first kappa shape index (κ1) is 9.31. The Morgan fingerprint density at radius 3 is 2.08 bits per heavy atom. The van der Waals surface area contributed by atoms with E-state index in [2.05, 4.69) is 52.0 Å². The minimum Gasteiger partial charge on any atom is -0.0620 e. The summed E-state index contributed by atoms with van der Waals surface area (Å²) in [7, 11) is 0. The Kier molecular flexibility index (Phi) is 2.56. The maximum Gasteiger partial charge on any atom is -0.0129 e. The van der Waals surface area contributed by atoms with Crippen LogP contribution in [0.3, 0.4) is 0 Å². The fourth-order valence-electron chi connectivity index (χ4n) is 1.56. The Bertz CT molecular complexity index is 253. The van der Waals surface area contributed by atoms with Crippen molar-refractivity contribution < 1.29 is 0 Å². The van der Waals surface area contributed by atoms with E-state index in [9.17, 15) is 0 Å². The van der Waals surface area contributed by atoms with Crippen molar-refractivity contribution in [3.05, 3.63) is 35.4 Å². The van der Waals surface area contributed by atoms with Gasteiger partial charge in [0.1, 0.15) is 0 Å². The molecule has 1 aromatic carbocycles. The molecule has 0 saturated heterocycles. The summed E-state index contributed by atoms with van der Waals surface area (Å²) in [5, 5.41) is 0. The molecular formula is C12H18. The molecule has 0 unspecified atom stereocenters. The SMILES string of the molecule is CCc1ccccc1C(C)(C)C. The van der Waals surface area contributed by atoms with E-state index in [1.165, 1.54) is 11.1 Å². The van der Waals surface area contributed by atoms with Crippen molar-refractivity contribution >= 4 is 0 Å². The molecule has 0 nitrogen and oxygen atoms in total. The van der Waals surface area contributed by atoms with Gasteiger partial charge in [0.05, 0.1) is 0 Å². The lowest BCUT2D eigenvalue weighted by atomic mass is 9.83. The fourth-order valence-corrected chi connectivity index (χ4v) is 1.56. The zero-order chi connectivity index (χ0) is 9.19. The molecule has 1 aromatic rings. The summed E-state index contributed by atoms with van der Waals surface area (Å²) in [6.45, 7) is 9.01. The smallest absolute Gasteiger partial charge is 0.0129 e. The van der Waals surface area contributed by atoms with Gasteiger partial charge in [0.2, 0.25) is 0 Å². The van der Waals surface area contributed by atoms with E-state index >= 15 is 0 Å². The Labute approximate surface area is 75.6 Å². The summed E-state index contributed by atoms with van der Waals surface area (Å²) < 4.78 is 0. The van der Waals surface area contributed by atoms with Crippen LogP contribution >= 0.6 is 0 Å². The van der Waals surface area contributed by atoms with Crippen molar-refractivity contribution in [1.82, 2.24) is 0 Å². The van der Waals surface area contributed by atoms with Crippen LogP contribution in [0.1, 0.15) is 38.8 Å². The first-order valence-corrected chi connectivity index (χ1v) is 4.64. The van der Waals surface area contributed by atoms with Gasteiger partial charge >= 0.3 is 0 Å². The predicted octanol–water partition coefficient (Wildman–Crippen LogP) is 3.55. The summed E-state index contributed by atoms with van der Waals surface area (Å²) in [5.41, 5.74) is 3.24. The largest absolute Gasteiger partial charge is 0.0620 e. The number of hydrogen-bond donors (Lipinski definition) is 0. The van der Waals surface area contributed by atoms with E-state index in [1.54, 1.807) is 0 Å². The standard InChI is InChI=1S/C12H18/c1-5-10-8-6-7-9-11(10)12(2,3)4/h6-9H,5H2,1-4H3. The van der Waals surface area contributed by atoms with Gasteiger partial charge in [-0.2, -0.15) is 0 Å². The Balaban J connectivity index is 3.14. The van der Waals surface area contributed by atoms with Crippen molar-refractivity contribution in [3.8, 4) is 0 Å². The molecule has 66 valence electrons. The molecule has 0 N–H and O–H groups in total. The minimum atomic E-state index is 0.284. The summed E-state index contributed by atoms with van der Waals surface area (Å²) in [6, 6.07) is 8.70. The monoisotopic (exact) mass is 162 g/mol. The zero-order valence-electron chi connectivity index (χ0n) is 8.52. The predicted molar refractivity (Wildman–Crippen MR) is 54.5 cm³/mol. The van der Waals surface area contributed by atoms with Gasteiger partial charge in [0.15, 0.2) is 0 Å². The van der Waals surface area contributed by atoms with E-state index < -0.39 is 0 Å². The van der Waals surface area contributed by atoms with Crippen LogP contribution in [0.25, 0.3) is 0 Å². The Morgan fingerprint density at radius 1 is 1.08 bits per heavy atom. The van der Waals surface area contributed by atoms with Gasteiger partial charge in [0.25, 0.3) is 0 Å². The maximum atomic E-state index is 2.27. The van der Waals surface area contributed by atoms with Crippen molar-refractivity contribution in [1.29, 1.82) is 0 Å². The summed E-state index contributed by atoms with van der Waals surface area (Å²) in [4.78, 5) is 0. The van der Waals surface area contributed by atoms with Crippen molar-refractivity contribution in [2.45, 2.75) is 39.5 Å². The molecule has 0 amide bonds. The van der Waals surface area contributed by atoms with Crippen LogP contribution in [0.4, 0.5) is 0 Å². The van der Waals surface area contributed by atoms with Gasteiger partial charge < -0.3 is 0 Å². The molecule has 12 heavy (non-hydrogen) atoms. The van der Waals surface area contributed by atoms with Crippen LogP contribution in [-0.2, 0) is 11.8 Å². The third kappa shape index (κ3) is 1.88. The molecule has 0 aromatic heterocycles. The van der Waals surface area contributed by atoms with E-state index in [4.69, 9.17) is 0 Å². The Hall–Kier alpha value is -0.780. The molecule has 0 heterocycles. The number of aryl methyl sites for hydroxylation is 1. The molecule has 0 fully saturated rings. The average molecular weight is 162 g/mol. The van der Waals surface area contributed by atoms with Crippen LogP contribution in [0.2, 0.25) is 0 Å². The Morgan fingerprint density at radius 2 is 1.67 bits per heavy atom. The molecule has 0 bridgehead atoms. The van der Waals surface area contributed by atoms with Crippen LogP contribution in [0, 0.1) is 0 Å². The molecule has 0 spiro atoms. The van der Waals surface area contributed by atoms with Crippen LogP contribution in [-0.4, -0.2) is 0 Å². The molecule has 1 rings (SSSR count). The van der Waals surface area contributed by atoms with Crippen LogP contribution in [0.5, 0.6) is 0 Å². The lowest BCUT2D eigenvalue weighted by molar-refractivity contribution is 0.583. The van der Waals surface area contributed by atoms with E-state index in [0.717, 1.165) is 6.42 Å². The highest BCUT2D eigenvalue weighted by atomic mass is 14.2. The fraction of sp³-hybridized carbons (Fsp3) is 0.500. The lowest BCUT2D eigenvalue weighted by Gasteiger charge is -2.22. The van der Waals surface area contributed by atoms with Gasteiger partial charge in [-0.15, -0.1) is 0 Å². The molecule has 0 aliphatic rings. The van der Waals surface area contributed by atoms with E-state index in [-0.39, 0.29) is 5.41 Å². The number of rotatable bonds is 1. The van der Waals surface area contributed by atoms with Crippen molar-refractivity contribution in [2.75, 3.05) is 0 Å². The third-order valence-electron chi connectivity index (χ3n) is 2.21. The highest BCUT2D eigenvalue weighted by Gasteiger charge is 2.15. The van der Waals surface area contributed by atoms with Crippen LogP contribution in [0.15, 0.2) is 24.3 Å². The van der Waals surface area contributed by atoms with Gasteiger partial charge in [-0.05, 0) is 23.0 Å². The molecule has 0 radical (unpaired) electrons. The molecule has 0 aliphatic carbocycles. The number of benzene rings is 1. The normalized spacial score (nSPS) is 11.7. The second-order valence-corrected chi connectivity index (χ2v) is 4.26. The highest BCUT2D eigenvalue weighted by Crippen LogP contribution is 2.25. The molecule has 0 saturated carbocycles. The lowest BCUT2D eigenvalue weighted by Crippen LogP contribution is -2.13. The zero-order valence-corrected chi connectivity index (χ0v) is 8.52. The summed E-state index contributed by atoms with van der Waals surface area (Å²) in [6.07, 6.45) is 1.13. The van der Waals surface area contributed by atoms with Gasteiger partial charge in [-0.1, -0.05) is 52.0 Å². The highest BCUT2D eigenvalue weighted by molar-refractivity contribution is 5.32. The average Bonchev–Trinajstić information content (AvgIpc) is 2.03. The molecule has 0 atom stereocenters. The summed E-state index contributed by atoms with van der Waals surface area (Å²) >= 11 is 0. The number of hydrogen-bond acceptors (Lipinski definition) is 0. The first-order chi connectivity index (χ1) is 5.55. The minimum absolute atomic E-state index is 0.284. The van der Waals surface area contributed by atoms with Crippen molar-refractivity contribution in [2.24, 2.45) is 0 Å². The molecular weight excluding hydrogens is 144 g/mol. The van der Waals surface area contributed by atoms with Gasteiger partial charge in [-0.25, -0.2) is 0 Å². The maximum absolute atomic E-state index is 2.27. The molecule has 0 aliphatic heterocycles.